The van der Waals surface area contributed by atoms with Crippen LogP contribution in [0.25, 0.3) is 10.9 Å². The zero-order valence-electron chi connectivity index (χ0n) is 12.3. The fraction of sp³-hybridized carbons (Fsp3) is 0.471. The average Bonchev–Trinajstić information content (AvgIpc) is 3.25. The molecule has 3 nitrogen and oxygen atoms in total. The quantitative estimate of drug-likeness (QED) is 0.845. The van der Waals surface area contributed by atoms with Gasteiger partial charge in [0.15, 0.2) is 0 Å². The number of nitrogens with two attached hydrogens (primary N) is 1. The molecule has 0 atom stereocenters. The van der Waals surface area contributed by atoms with Crippen molar-refractivity contribution in [2.45, 2.75) is 39.3 Å². The van der Waals surface area contributed by atoms with Crippen molar-refractivity contribution in [2.75, 3.05) is 12.3 Å². The van der Waals surface area contributed by atoms with Crippen molar-refractivity contribution in [3.63, 3.8) is 0 Å². The fourth-order valence-corrected chi connectivity index (χ4v) is 2.69. The summed E-state index contributed by atoms with van der Waals surface area (Å²) in [4.78, 5) is 7.10. The molecule has 1 aliphatic carbocycles. The highest BCUT2D eigenvalue weighted by Gasteiger charge is 2.25. The van der Waals surface area contributed by atoms with Gasteiger partial charge >= 0.3 is 0 Å². The van der Waals surface area contributed by atoms with E-state index in [2.05, 4.69) is 35.9 Å². The molecule has 2 aromatic rings. The molecule has 0 saturated heterocycles. The van der Waals surface area contributed by atoms with E-state index in [0.29, 0.717) is 6.04 Å². The molecule has 3 rings (SSSR count). The smallest absolute Gasteiger partial charge is 0.0767 e. The van der Waals surface area contributed by atoms with Crippen LogP contribution < -0.4 is 5.73 Å². The van der Waals surface area contributed by atoms with E-state index in [1.54, 1.807) is 0 Å². The number of benzene rings is 1. The van der Waals surface area contributed by atoms with Crippen molar-refractivity contribution in [3.05, 3.63) is 36.0 Å². The first-order valence-electron chi connectivity index (χ1n) is 7.51. The normalized spacial score (nSPS) is 15.4. The van der Waals surface area contributed by atoms with Gasteiger partial charge in [0.05, 0.1) is 5.52 Å². The Morgan fingerprint density at radius 2 is 2.10 bits per heavy atom. The maximum atomic E-state index is 6.05. The van der Waals surface area contributed by atoms with Crippen LogP contribution in [0.15, 0.2) is 30.5 Å². The van der Waals surface area contributed by atoms with E-state index in [-0.39, 0.29) is 0 Å². The average molecular weight is 269 g/mol. The van der Waals surface area contributed by atoms with Gasteiger partial charge in [0.1, 0.15) is 0 Å². The van der Waals surface area contributed by atoms with Gasteiger partial charge in [0.25, 0.3) is 0 Å². The summed E-state index contributed by atoms with van der Waals surface area (Å²) in [7, 11) is 0. The predicted octanol–water partition coefficient (Wildman–Crippen LogP) is 3.44. The van der Waals surface area contributed by atoms with E-state index >= 15 is 0 Å². The summed E-state index contributed by atoms with van der Waals surface area (Å²) in [5.41, 5.74) is 9.20. The van der Waals surface area contributed by atoms with Gasteiger partial charge in [-0.1, -0.05) is 6.07 Å². The molecule has 20 heavy (non-hydrogen) atoms. The maximum Gasteiger partial charge on any atom is 0.0767 e. The molecule has 1 saturated carbocycles. The highest BCUT2D eigenvalue weighted by molar-refractivity contribution is 5.92. The van der Waals surface area contributed by atoms with Gasteiger partial charge < -0.3 is 5.73 Å². The third-order valence-corrected chi connectivity index (χ3v) is 4.18. The second-order valence-corrected chi connectivity index (χ2v) is 6.18. The molecule has 1 aromatic heterocycles. The Kier molecular flexibility index (Phi) is 3.62. The zero-order valence-corrected chi connectivity index (χ0v) is 12.3. The second-order valence-electron chi connectivity index (χ2n) is 6.18. The largest absolute Gasteiger partial charge is 0.398 e. The lowest BCUT2D eigenvalue weighted by atomic mass is 10.1. The number of anilines is 1. The molecule has 0 unspecified atom stereocenters. The standard InChI is InChI=1S/C17H23N3/c1-12(2)20(10-13-5-6-13)11-14-7-8-16(18)15-4-3-9-19-17(14)15/h3-4,7-9,12-13H,5-6,10-11,18H2,1-2H3. The molecule has 106 valence electrons. The maximum absolute atomic E-state index is 6.05. The molecule has 0 aliphatic heterocycles. The fourth-order valence-electron chi connectivity index (χ4n) is 2.69. The van der Waals surface area contributed by atoms with Crippen molar-refractivity contribution in [2.24, 2.45) is 5.92 Å². The summed E-state index contributed by atoms with van der Waals surface area (Å²) >= 11 is 0. The summed E-state index contributed by atoms with van der Waals surface area (Å²) in [6, 6.07) is 8.71. The molecule has 0 bridgehead atoms. The van der Waals surface area contributed by atoms with Crippen molar-refractivity contribution < 1.29 is 0 Å². The predicted molar refractivity (Wildman–Crippen MR) is 84.4 cm³/mol. The van der Waals surface area contributed by atoms with Crippen LogP contribution >= 0.6 is 0 Å². The third-order valence-electron chi connectivity index (χ3n) is 4.18. The molecular formula is C17H23N3. The van der Waals surface area contributed by atoms with Crippen molar-refractivity contribution in [3.8, 4) is 0 Å². The number of aromatic nitrogens is 1. The van der Waals surface area contributed by atoms with Gasteiger partial charge in [-0.05, 0) is 56.4 Å². The molecule has 1 aromatic carbocycles. The summed E-state index contributed by atoms with van der Waals surface area (Å²) in [5.74, 6) is 0.908. The van der Waals surface area contributed by atoms with Crippen molar-refractivity contribution in [1.29, 1.82) is 0 Å². The Labute approximate surface area is 120 Å². The minimum Gasteiger partial charge on any atom is -0.398 e. The number of fused-ring (bicyclic) bond motifs is 1. The van der Waals surface area contributed by atoms with Crippen LogP contribution in [0.4, 0.5) is 5.69 Å². The van der Waals surface area contributed by atoms with Crippen LogP contribution in [0, 0.1) is 5.92 Å². The van der Waals surface area contributed by atoms with Crippen LogP contribution in [0.1, 0.15) is 32.3 Å². The number of pyridine rings is 1. The minimum absolute atomic E-state index is 0.562. The Balaban J connectivity index is 1.90. The number of hydrogen-bond acceptors (Lipinski definition) is 3. The van der Waals surface area contributed by atoms with Crippen LogP contribution in [0.2, 0.25) is 0 Å². The first kappa shape index (κ1) is 13.4. The lowest BCUT2D eigenvalue weighted by molar-refractivity contribution is 0.204. The summed E-state index contributed by atoms with van der Waals surface area (Å²) < 4.78 is 0. The van der Waals surface area contributed by atoms with E-state index in [4.69, 9.17) is 5.73 Å². The lowest BCUT2D eigenvalue weighted by Crippen LogP contribution is -2.32. The summed E-state index contributed by atoms with van der Waals surface area (Å²) in [5, 5.41) is 1.07. The van der Waals surface area contributed by atoms with Crippen molar-refractivity contribution in [1.82, 2.24) is 9.88 Å². The number of hydrogen-bond donors (Lipinski definition) is 1. The van der Waals surface area contributed by atoms with Crippen LogP contribution in [-0.4, -0.2) is 22.5 Å². The molecule has 0 radical (unpaired) electrons. The molecule has 2 N–H and O–H groups in total. The van der Waals surface area contributed by atoms with Crippen LogP contribution in [0.5, 0.6) is 0 Å². The summed E-state index contributed by atoms with van der Waals surface area (Å²) in [6.07, 6.45) is 4.64. The molecule has 1 heterocycles. The molecular weight excluding hydrogens is 246 g/mol. The van der Waals surface area contributed by atoms with Gasteiger partial charge in [-0.25, -0.2) is 0 Å². The van der Waals surface area contributed by atoms with E-state index < -0.39 is 0 Å². The van der Waals surface area contributed by atoms with E-state index in [1.165, 1.54) is 24.9 Å². The second kappa shape index (κ2) is 5.41. The highest BCUT2D eigenvalue weighted by atomic mass is 15.1. The Morgan fingerprint density at radius 3 is 2.80 bits per heavy atom. The van der Waals surface area contributed by atoms with Gasteiger partial charge in [-0.15, -0.1) is 0 Å². The van der Waals surface area contributed by atoms with Gasteiger partial charge in [0.2, 0.25) is 0 Å². The van der Waals surface area contributed by atoms with E-state index in [1.807, 2.05) is 18.3 Å². The Bertz CT molecular complexity index is 602. The SMILES string of the molecule is CC(C)N(Cc1ccc(N)c2cccnc12)CC1CC1. The van der Waals surface area contributed by atoms with Crippen molar-refractivity contribution >= 4 is 16.6 Å². The molecule has 1 aliphatic rings. The number of nitrogen functional groups attached to an aromatic ring is 1. The Morgan fingerprint density at radius 1 is 1.30 bits per heavy atom. The van der Waals surface area contributed by atoms with Gasteiger partial charge in [-0.3, -0.25) is 9.88 Å². The molecule has 3 heteroatoms. The number of nitrogens with zero attached hydrogens (tertiary/aromatic N) is 2. The first-order chi connectivity index (χ1) is 9.65. The highest BCUT2D eigenvalue weighted by Crippen LogP contribution is 2.31. The van der Waals surface area contributed by atoms with E-state index in [0.717, 1.165) is 29.1 Å². The minimum atomic E-state index is 0.562. The molecule has 1 fully saturated rings. The molecule has 0 amide bonds. The third kappa shape index (κ3) is 2.78. The lowest BCUT2D eigenvalue weighted by Gasteiger charge is -2.27. The van der Waals surface area contributed by atoms with Gasteiger partial charge in [0, 0.05) is 36.4 Å². The Hall–Kier alpha value is -1.61. The first-order valence-corrected chi connectivity index (χ1v) is 7.51. The topological polar surface area (TPSA) is 42.1 Å². The van der Waals surface area contributed by atoms with E-state index in [9.17, 15) is 0 Å². The van der Waals surface area contributed by atoms with Crippen LogP contribution in [0.3, 0.4) is 0 Å². The zero-order chi connectivity index (χ0) is 14.1. The van der Waals surface area contributed by atoms with Gasteiger partial charge in [-0.2, -0.15) is 0 Å². The number of rotatable bonds is 5. The monoisotopic (exact) mass is 269 g/mol. The molecule has 0 spiro atoms. The van der Waals surface area contributed by atoms with Crippen LogP contribution in [-0.2, 0) is 6.54 Å². The summed E-state index contributed by atoms with van der Waals surface area (Å²) in [6.45, 7) is 6.71.